The van der Waals surface area contributed by atoms with Gasteiger partial charge in [-0.25, -0.2) is 4.79 Å². The third-order valence-corrected chi connectivity index (χ3v) is 3.69. The number of hydrogen-bond donors (Lipinski definition) is 2. The first-order valence-corrected chi connectivity index (χ1v) is 8.14. The fourth-order valence-electron chi connectivity index (χ4n) is 1.66. The van der Waals surface area contributed by atoms with Crippen LogP contribution in [0.3, 0.4) is 0 Å². The third kappa shape index (κ3) is 5.14. The summed E-state index contributed by atoms with van der Waals surface area (Å²) < 4.78 is 5.28. The van der Waals surface area contributed by atoms with Crippen LogP contribution < -0.4 is 0 Å². The van der Waals surface area contributed by atoms with Gasteiger partial charge in [-0.3, -0.25) is 15.1 Å². The lowest BCUT2D eigenvalue weighted by Gasteiger charge is -2.09. The van der Waals surface area contributed by atoms with E-state index in [2.05, 4.69) is 4.99 Å². The number of carbonyl (C=O) groups is 1. The predicted octanol–water partition coefficient (Wildman–Crippen LogP) is 2.75. The number of aliphatic hydroxyl groups excluding tert-OH is 2. The summed E-state index contributed by atoms with van der Waals surface area (Å²) >= 11 is 7.81. The molecular weight excluding hydrogens is 455 g/mol. The molecule has 0 saturated carbocycles. The lowest BCUT2D eigenvalue weighted by Crippen LogP contribution is -2.12. The van der Waals surface area contributed by atoms with Gasteiger partial charge in [0.2, 0.25) is 0 Å². The Morgan fingerprint density at radius 2 is 2.21 bits per heavy atom. The van der Waals surface area contributed by atoms with E-state index in [1.54, 1.807) is 6.92 Å². The maximum absolute atomic E-state index is 12.0. The smallest absolute Gasteiger partial charge is 0.343 e. The Morgan fingerprint density at radius 3 is 2.75 bits per heavy atom. The van der Waals surface area contributed by atoms with Gasteiger partial charge in [0.1, 0.15) is 16.4 Å². The first kappa shape index (κ1) is 20.3. The number of aliphatic hydroxyl groups is 2. The summed E-state index contributed by atoms with van der Waals surface area (Å²) in [6.45, 7) is 1.41. The summed E-state index contributed by atoms with van der Waals surface area (Å²) in [7, 11) is 0. The minimum atomic E-state index is -0.866. The zero-order chi connectivity index (χ0) is 18.3. The number of aliphatic imine (C=N–C) groups is 1. The monoisotopic (exact) mass is 468 g/mol. The summed E-state index contributed by atoms with van der Waals surface area (Å²) in [4.78, 5) is 26.1. The topological polar surface area (TPSA) is 122 Å². The Morgan fingerprint density at radius 1 is 1.54 bits per heavy atom. The van der Waals surface area contributed by atoms with Crippen molar-refractivity contribution in [3.8, 4) is 0 Å². The highest BCUT2D eigenvalue weighted by molar-refractivity contribution is 14.1. The lowest BCUT2D eigenvalue weighted by molar-refractivity contribution is -0.384. The van der Waals surface area contributed by atoms with Crippen LogP contribution in [0.25, 0.3) is 5.76 Å². The molecule has 2 N–H and O–H groups in total. The molecule has 0 amide bonds. The van der Waals surface area contributed by atoms with Crippen LogP contribution in [0.1, 0.15) is 12.5 Å². The van der Waals surface area contributed by atoms with E-state index in [9.17, 15) is 20.0 Å². The Hall–Kier alpha value is -1.72. The van der Waals surface area contributed by atoms with Gasteiger partial charge < -0.3 is 14.9 Å². The molecule has 0 heterocycles. The van der Waals surface area contributed by atoms with Gasteiger partial charge in [-0.05, 0) is 35.6 Å². The zero-order valence-electron chi connectivity index (χ0n) is 12.5. The van der Waals surface area contributed by atoms with Gasteiger partial charge in [0, 0.05) is 21.4 Å². The molecule has 0 fully saturated rings. The van der Waals surface area contributed by atoms with E-state index in [1.165, 1.54) is 12.1 Å². The van der Waals surface area contributed by atoms with Crippen molar-refractivity contribution in [2.24, 2.45) is 4.99 Å². The van der Waals surface area contributed by atoms with Crippen LogP contribution in [-0.2, 0) is 9.53 Å². The predicted molar refractivity (Wildman–Crippen MR) is 97.5 cm³/mol. The van der Waals surface area contributed by atoms with Crippen molar-refractivity contribution in [1.82, 2.24) is 0 Å². The summed E-state index contributed by atoms with van der Waals surface area (Å²) in [5, 5.41) is 29.9. The van der Waals surface area contributed by atoms with Gasteiger partial charge in [-0.15, -0.1) is 0 Å². The first-order chi connectivity index (χ1) is 11.3. The molecule has 0 bridgehead atoms. The number of ether oxygens (including phenoxy) is 1. The van der Waals surface area contributed by atoms with Crippen molar-refractivity contribution in [3.05, 3.63) is 42.0 Å². The highest BCUT2D eigenvalue weighted by Crippen LogP contribution is 2.34. The quantitative estimate of drug-likeness (QED) is 0.121. The number of esters is 1. The maximum Gasteiger partial charge on any atom is 0.343 e. The summed E-state index contributed by atoms with van der Waals surface area (Å²) in [5.74, 6) is -1.46. The fourth-order valence-corrected chi connectivity index (χ4v) is 2.53. The molecule has 130 valence electrons. The summed E-state index contributed by atoms with van der Waals surface area (Å²) in [5.41, 5.74) is -0.808. The molecule has 0 aliphatic carbocycles. The van der Waals surface area contributed by atoms with Gasteiger partial charge in [-0.2, -0.15) is 0 Å². The van der Waals surface area contributed by atoms with Gasteiger partial charge in [0.25, 0.3) is 5.69 Å². The molecule has 0 saturated heterocycles. The van der Waals surface area contributed by atoms with Crippen molar-refractivity contribution in [2.75, 3.05) is 19.8 Å². The van der Waals surface area contributed by atoms with Gasteiger partial charge in [0.05, 0.1) is 24.7 Å². The van der Waals surface area contributed by atoms with Crippen LogP contribution in [0.5, 0.6) is 0 Å². The normalized spacial score (nSPS) is 12.2. The molecule has 1 aromatic rings. The summed E-state index contributed by atoms with van der Waals surface area (Å²) in [6.07, 6.45) is 1.03. The van der Waals surface area contributed by atoms with Crippen molar-refractivity contribution in [3.63, 3.8) is 0 Å². The molecule has 0 aromatic heterocycles. The van der Waals surface area contributed by atoms with E-state index >= 15 is 0 Å². The lowest BCUT2D eigenvalue weighted by atomic mass is 10.1. The number of carbonyl (C=O) groups excluding carboxylic acids is 1. The molecule has 1 rings (SSSR count). The van der Waals surface area contributed by atoms with E-state index in [0.29, 0.717) is 3.57 Å². The van der Waals surface area contributed by atoms with Gasteiger partial charge in [0.15, 0.2) is 0 Å². The van der Waals surface area contributed by atoms with Crippen LogP contribution in [0, 0.1) is 13.7 Å². The molecule has 0 spiro atoms. The van der Waals surface area contributed by atoms with E-state index in [4.69, 9.17) is 21.4 Å². The number of nitrogens with zero attached hydrogens (tertiary/aromatic N) is 2. The molecule has 10 heteroatoms. The average Bonchev–Trinajstić information content (AvgIpc) is 2.52. The molecule has 0 atom stereocenters. The van der Waals surface area contributed by atoms with Crippen molar-refractivity contribution >= 4 is 57.8 Å². The van der Waals surface area contributed by atoms with Crippen molar-refractivity contribution in [1.29, 1.82) is 0 Å². The third-order valence-electron chi connectivity index (χ3n) is 2.67. The second kappa shape index (κ2) is 9.55. The number of hydrogen-bond acceptors (Lipinski definition) is 7. The largest absolute Gasteiger partial charge is 0.506 e. The van der Waals surface area contributed by atoms with E-state index in [0.717, 1.165) is 6.21 Å². The van der Waals surface area contributed by atoms with Crippen molar-refractivity contribution < 1.29 is 24.7 Å². The molecule has 0 aliphatic heterocycles. The van der Waals surface area contributed by atoms with E-state index in [-0.39, 0.29) is 35.9 Å². The zero-order valence-corrected chi connectivity index (χ0v) is 15.4. The van der Waals surface area contributed by atoms with Gasteiger partial charge >= 0.3 is 5.97 Å². The Kier molecular flexibility index (Phi) is 8.08. The second-order valence-electron chi connectivity index (χ2n) is 4.29. The Balaban J connectivity index is 3.54. The molecule has 0 radical (unpaired) electrons. The molecule has 8 nitrogen and oxygen atoms in total. The minimum absolute atomic E-state index is 0.0103. The average molecular weight is 469 g/mol. The van der Waals surface area contributed by atoms with Crippen LogP contribution in [0.15, 0.2) is 22.7 Å². The number of nitro benzene ring substituents is 1. The SMILES string of the molecule is CCOC(=O)C(C=NCCO)=C(O)c1cc(I)cc([N+](=O)[O-])c1Cl. The van der Waals surface area contributed by atoms with Crippen LogP contribution >= 0.6 is 34.2 Å². The van der Waals surface area contributed by atoms with Crippen molar-refractivity contribution in [2.45, 2.75) is 6.92 Å². The standard InChI is InChI=1S/C14H14ClIN2O6/c1-2-24-14(21)10(7-17-3-4-19)13(20)9-5-8(16)6-11(12(9)15)18(22)23/h5-7,19-20H,2-4H2,1H3. The molecular formula is C14H14ClIN2O6. The van der Waals surface area contributed by atoms with E-state index in [1.807, 2.05) is 22.6 Å². The Bertz CT molecular complexity index is 705. The minimum Gasteiger partial charge on any atom is -0.506 e. The highest BCUT2D eigenvalue weighted by Gasteiger charge is 2.24. The highest BCUT2D eigenvalue weighted by atomic mass is 127. The Labute approximate surface area is 156 Å². The van der Waals surface area contributed by atoms with E-state index < -0.39 is 22.3 Å². The second-order valence-corrected chi connectivity index (χ2v) is 5.91. The number of halogens is 2. The first-order valence-electron chi connectivity index (χ1n) is 6.68. The maximum atomic E-state index is 12.0. The number of benzene rings is 1. The summed E-state index contributed by atoms with van der Waals surface area (Å²) in [6, 6.07) is 2.63. The fraction of sp³-hybridized carbons (Fsp3) is 0.286. The van der Waals surface area contributed by atoms with Crippen LogP contribution in [0.4, 0.5) is 5.69 Å². The molecule has 1 aromatic carbocycles. The van der Waals surface area contributed by atoms with Gasteiger partial charge in [-0.1, -0.05) is 11.6 Å². The van der Waals surface area contributed by atoms with Crippen LogP contribution in [0.2, 0.25) is 5.02 Å². The van der Waals surface area contributed by atoms with Crippen LogP contribution in [-0.4, -0.2) is 47.1 Å². The number of nitro groups is 1. The molecule has 0 unspecified atom stereocenters. The molecule has 24 heavy (non-hydrogen) atoms. The number of rotatable bonds is 7. The molecule has 0 aliphatic rings.